The summed E-state index contributed by atoms with van der Waals surface area (Å²) in [6, 6.07) is 4.85. The molecule has 1 aromatic rings. The van der Waals surface area contributed by atoms with Crippen LogP contribution in [-0.2, 0) is 10.0 Å². The van der Waals surface area contributed by atoms with Gasteiger partial charge in [0, 0.05) is 27.7 Å². The minimum Gasteiger partial charge on any atom is -0.397 e. The number of unbranched alkanes of at least 4 members (excludes halogenated alkanes) is 2. The summed E-state index contributed by atoms with van der Waals surface area (Å²) in [7, 11) is 1.56. The van der Waals surface area contributed by atoms with Gasteiger partial charge in [0.15, 0.2) is 0 Å². The van der Waals surface area contributed by atoms with E-state index in [2.05, 4.69) is 6.92 Å². The molecule has 1 aromatic carbocycles. The largest absolute Gasteiger partial charge is 0.397 e. The fourth-order valence-electron chi connectivity index (χ4n) is 1.94. The lowest BCUT2D eigenvalue weighted by molar-refractivity contribution is 0.521. The molecule has 0 bridgehead atoms. The van der Waals surface area contributed by atoms with E-state index in [9.17, 15) is 8.42 Å². The highest BCUT2D eigenvalue weighted by Crippen LogP contribution is 2.27. The van der Waals surface area contributed by atoms with Crippen molar-refractivity contribution < 1.29 is 8.42 Å². The lowest BCUT2D eigenvalue weighted by atomic mass is 10.2. The molecule has 0 fully saturated rings. The van der Waals surface area contributed by atoms with E-state index in [4.69, 9.17) is 5.73 Å². The Morgan fingerprint density at radius 2 is 1.80 bits per heavy atom. The number of rotatable bonds is 7. The number of hydrogen-bond donors (Lipinski definition) is 1. The average Bonchev–Trinajstić information content (AvgIpc) is 2.38. The van der Waals surface area contributed by atoms with Crippen molar-refractivity contribution in [2.75, 3.05) is 38.3 Å². The minimum absolute atomic E-state index is 0.272. The van der Waals surface area contributed by atoms with Gasteiger partial charge in [-0.15, -0.1) is 0 Å². The normalized spacial score (nSPS) is 11.8. The highest BCUT2D eigenvalue weighted by molar-refractivity contribution is 7.89. The monoisotopic (exact) mass is 299 g/mol. The third-order valence-electron chi connectivity index (χ3n) is 3.29. The highest BCUT2D eigenvalue weighted by Gasteiger charge is 2.19. The molecular weight excluding hydrogens is 274 g/mol. The van der Waals surface area contributed by atoms with Crippen molar-refractivity contribution in [1.29, 1.82) is 0 Å². The molecule has 0 amide bonds. The predicted octanol–water partition coefficient (Wildman–Crippen LogP) is 2.15. The molecule has 0 saturated carbocycles. The maximum absolute atomic E-state index is 12.1. The maximum atomic E-state index is 12.1. The topological polar surface area (TPSA) is 66.6 Å². The van der Waals surface area contributed by atoms with Gasteiger partial charge in [-0.05, 0) is 24.6 Å². The number of nitrogens with zero attached hydrogens (tertiary/aromatic N) is 2. The zero-order valence-electron chi connectivity index (χ0n) is 12.8. The molecule has 1 rings (SSSR count). The van der Waals surface area contributed by atoms with Crippen molar-refractivity contribution in [2.24, 2.45) is 0 Å². The Morgan fingerprint density at radius 3 is 2.35 bits per heavy atom. The first kappa shape index (κ1) is 16.8. The SMILES string of the molecule is CCCCCN(C)c1cc(S(=O)(=O)N(C)C)ccc1N. The first-order valence-corrected chi connectivity index (χ1v) is 8.28. The second kappa shape index (κ2) is 6.95. The first-order chi connectivity index (χ1) is 9.30. The predicted molar refractivity (Wildman–Crippen MR) is 84.5 cm³/mol. The standard InChI is InChI=1S/C14H25N3O2S/c1-5-6-7-10-17(4)14-11-12(8-9-13(14)15)20(18,19)16(2)3/h8-9,11H,5-7,10,15H2,1-4H3. The summed E-state index contributed by atoms with van der Waals surface area (Å²) in [6.07, 6.45) is 3.37. The zero-order valence-corrected chi connectivity index (χ0v) is 13.6. The minimum atomic E-state index is -3.42. The molecule has 114 valence electrons. The van der Waals surface area contributed by atoms with Gasteiger partial charge in [0.2, 0.25) is 10.0 Å². The molecule has 0 saturated heterocycles. The van der Waals surface area contributed by atoms with Gasteiger partial charge in [-0.25, -0.2) is 12.7 Å². The van der Waals surface area contributed by atoms with Crippen LogP contribution in [0.2, 0.25) is 0 Å². The Hall–Kier alpha value is -1.27. The average molecular weight is 299 g/mol. The second-order valence-corrected chi connectivity index (χ2v) is 7.29. The third-order valence-corrected chi connectivity index (χ3v) is 5.10. The Bertz CT molecular complexity index is 541. The van der Waals surface area contributed by atoms with E-state index in [0.29, 0.717) is 5.69 Å². The molecule has 0 heterocycles. The van der Waals surface area contributed by atoms with Gasteiger partial charge >= 0.3 is 0 Å². The Labute approximate surface area is 122 Å². The van der Waals surface area contributed by atoms with Crippen molar-refractivity contribution in [3.63, 3.8) is 0 Å². The van der Waals surface area contributed by atoms with Gasteiger partial charge in [0.1, 0.15) is 0 Å². The molecule has 0 radical (unpaired) electrons. The van der Waals surface area contributed by atoms with Crippen LogP contribution in [0.15, 0.2) is 23.1 Å². The molecule has 6 heteroatoms. The van der Waals surface area contributed by atoms with Gasteiger partial charge in [-0.3, -0.25) is 0 Å². The number of nitrogen functional groups attached to an aromatic ring is 1. The lowest BCUT2D eigenvalue weighted by Gasteiger charge is -2.22. The van der Waals surface area contributed by atoms with Crippen LogP contribution in [0.5, 0.6) is 0 Å². The summed E-state index contributed by atoms with van der Waals surface area (Å²) in [4.78, 5) is 2.29. The van der Waals surface area contributed by atoms with E-state index in [1.54, 1.807) is 18.2 Å². The molecule has 0 aliphatic carbocycles. The Morgan fingerprint density at radius 1 is 1.15 bits per heavy atom. The van der Waals surface area contributed by atoms with Crippen molar-refractivity contribution >= 4 is 21.4 Å². The van der Waals surface area contributed by atoms with Crippen LogP contribution in [0.25, 0.3) is 0 Å². The van der Waals surface area contributed by atoms with Crippen LogP contribution in [-0.4, -0.2) is 40.4 Å². The van der Waals surface area contributed by atoms with Crippen molar-refractivity contribution in [2.45, 2.75) is 31.1 Å². The molecule has 0 spiro atoms. The molecule has 0 aliphatic heterocycles. The smallest absolute Gasteiger partial charge is 0.242 e. The third kappa shape index (κ3) is 3.86. The number of benzene rings is 1. The van der Waals surface area contributed by atoms with Crippen molar-refractivity contribution in [1.82, 2.24) is 4.31 Å². The number of sulfonamides is 1. The van der Waals surface area contributed by atoms with Crippen LogP contribution < -0.4 is 10.6 Å². The van der Waals surface area contributed by atoms with Gasteiger partial charge in [-0.1, -0.05) is 19.8 Å². The quantitative estimate of drug-likeness (QED) is 0.619. The molecule has 5 nitrogen and oxygen atoms in total. The van der Waals surface area contributed by atoms with E-state index in [-0.39, 0.29) is 4.90 Å². The van der Waals surface area contributed by atoms with E-state index >= 15 is 0 Å². The van der Waals surface area contributed by atoms with E-state index in [1.807, 2.05) is 11.9 Å². The number of hydrogen-bond acceptors (Lipinski definition) is 4. The van der Waals surface area contributed by atoms with Gasteiger partial charge in [0.05, 0.1) is 16.3 Å². The summed E-state index contributed by atoms with van der Waals surface area (Å²) in [5.74, 6) is 0. The molecule has 2 N–H and O–H groups in total. The number of nitrogens with two attached hydrogens (primary N) is 1. The Kier molecular flexibility index (Phi) is 5.83. The van der Waals surface area contributed by atoms with Gasteiger partial charge in [-0.2, -0.15) is 0 Å². The van der Waals surface area contributed by atoms with Gasteiger partial charge in [0.25, 0.3) is 0 Å². The maximum Gasteiger partial charge on any atom is 0.242 e. The molecule has 0 aromatic heterocycles. The Balaban J connectivity index is 3.03. The molecule has 0 aliphatic rings. The van der Waals surface area contributed by atoms with E-state index in [1.165, 1.54) is 18.4 Å². The zero-order chi connectivity index (χ0) is 15.3. The molecule has 0 unspecified atom stereocenters. The fraction of sp³-hybridized carbons (Fsp3) is 0.571. The van der Waals surface area contributed by atoms with Crippen LogP contribution in [0, 0.1) is 0 Å². The van der Waals surface area contributed by atoms with Crippen LogP contribution in [0.1, 0.15) is 26.2 Å². The van der Waals surface area contributed by atoms with Crippen LogP contribution in [0.3, 0.4) is 0 Å². The summed E-state index contributed by atoms with van der Waals surface area (Å²) >= 11 is 0. The highest BCUT2D eigenvalue weighted by atomic mass is 32.2. The van der Waals surface area contributed by atoms with E-state index < -0.39 is 10.0 Å². The summed E-state index contributed by atoms with van der Waals surface area (Å²) < 4.78 is 25.5. The van der Waals surface area contributed by atoms with Crippen molar-refractivity contribution in [3.05, 3.63) is 18.2 Å². The lowest BCUT2D eigenvalue weighted by Crippen LogP contribution is -2.24. The molecule has 0 atom stereocenters. The summed E-state index contributed by atoms with van der Waals surface area (Å²) in [5.41, 5.74) is 7.33. The first-order valence-electron chi connectivity index (χ1n) is 6.84. The second-order valence-electron chi connectivity index (χ2n) is 5.14. The van der Waals surface area contributed by atoms with E-state index in [0.717, 1.165) is 31.5 Å². The summed E-state index contributed by atoms with van der Waals surface area (Å²) in [6.45, 7) is 3.02. The fourth-order valence-corrected chi connectivity index (χ4v) is 2.87. The molecule has 20 heavy (non-hydrogen) atoms. The number of anilines is 2. The summed E-state index contributed by atoms with van der Waals surface area (Å²) in [5, 5.41) is 0. The van der Waals surface area contributed by atoms with Crippen LogP contribution >= 0.6 is 0 Å². The van der Waals surface area contributed by atoms with Crippen molar-refractivity contribution in [3.8, 4) is 0 Å². The molecular formula is C14H25N3O2S. The van der Waals surface area contributed by atoms with Gasteiger partial charge < -0.3 is 10.6 Å². The van der Waals surface area contributed by atoms with Crippen LogP contribution in [0.4, 0.5) is 11.4 Å².